The molecule has 2 aromatic heterocycles. The molecule has 1 fully saturated rings. The van der Waals surface area contributed by atoms with Crippen LogP contribution in [0, 0.1) is 0 Å². The monoisotopic (exact) mass is 265 g/mol. The van der Waals surface area contributed by atoms with Crippen LogP contribution in [0.3, 0.4) is 0 Å². The summed E-state index contributed by atoms with van der Waals surface area (Å²) in [6.45, 7) is -0.415. The van der Waals surface area contributed by atoms with Gasteiger partial charge in [0, 0.05) is 6.54 Å². The molecule has 0 aromatic carbocycles. The number of aliphatic hydroxyl groups excluding tert-OH is 2. The Labute approximate surface area is 108 Å². The normalized spacial score (nSPS) is 31.1. The Morgan fingerprint density at radius 2 is 2.32 bits per heavy atom. The number of fused-ring (bicyclic) bond motifs is 1. The van der Waals surface area contributed by atoms with Crippen molar-refractivity contribution in [3.63, 3.8) is 0 Å². The van der Waals surface area contributed by atoms with Crippen molar-refractivity contribution in [2.24, 2.45) is 0 Å². The zero-order chi connectivity index (χ0) is 13.6. The molecule has 3 rings (SSSR count). The SMILES string of the molecule is Nc1ncnn2c([C@@H]3NCC(O)(CO)[C@H]3O)ccc12. The van der Waals surface area contributed by atoms with E-state index in [2.05, 4.69) is 15.4 Å². The van der Waals surface area contributed by atoms with Crippen molar-refractivity contribution in [1.82, 2.24) is 19.9 Å². The van der Waals surface area contributed by atoms with Crippen molar-refractivity contribution in [3.05, 3.63) is 24.2 Å². The molecule has 19 heavy (non-hydrogen) atoms. The average Bonchev–Trinajstić information content (AvgIpc) is 2.95. The van der Waals surface area contributed by atoms with Gasteiger partial charge in [0.05, 0.1) is 18.3 Å². The number of β-amino-alcohol motifs (C(OH)–C–C–N with tert-alkyl or cyclic N) is 1. The van der Waals surface area contributed by atoms with Gasteiger partial charge < -0.3 is 26.4 Å². The van der Waals surface area contributed by atoms with E-state index in [1.165, 1.54) is 6.33 Å². The summed E-state index contributed by atoms with van der Waals surface area (Å²) in [6, 6.07) is 2.97. The number of nitrogens with zero attached hydrogens (tertiary/aromatic N) is 3. The number of anilines is 1. The smallest absolute Gasteiger partial charge is 0.151 e. The zero-order valence-corrected chi connectivity index (χ0v) is 10.1. The Morgan fingerprint density at radius 3 is 3.00 bits per heavy atom. The maximum absolute atomic E-state index is 10.1. The summed E-state index contributed by atoms with van der Waals surface area (Å²) in [5, 5.41) is 36.4. The second-order valence-corrected chi connectivity index (χ2v) is 4.77. The highest BCUT2D eigenvalue weighted by molar-refractivity contribution is 5.65. The molecule has 0 spiro atoms. The highest BCUT2D eigenvalue weighted by atomic mass is 16.4. The van der Waals surface area contributed by atoms with Crippen LogP contribution < -0.4 is 11.1 Å². The first-order valence-electron chi connectivity index (χ1n) is 5.89. The van der Waals surface area contributed by atoms with Crippen LogP contribution >= 0.6 is 0 Å². The largest absolute Gasteiger partial charge is 0.393 e. The number of aromatic nitrogens is 3. The predicted octanol–water partition coefficient (Wildman–Crippen LogP) is -1.96. The van der Waals surface area contributed by atoms with Crippen LogP contribution in [-0.2, 0) is 0 Å². The zero-order valence-electron chi connectivity index (χ0n) is 10.1. The van der Waals surface area contributed by atoms with Crippen molar-refractivity contribution >= 4 is 11.3 Å². The molecule has 1 unspecified atom stereocenters. The summed E-state index contributed by atoms with van der Waals surface area (Å²) in [7, 11) is 0. The standard InChI is InChI=1S/C11H15N5O3/c12-10-7-2-1-6(16(7)15-5-14-10)8-9(18)11(19,4-17)3-13-8/h1-2,5,8-9,13,17-19H,3-4H2,(H2,12,14,15)/t8-,9-,11?/m0/s1. The van der Waals surface area contributed by atoms with Gasteiger partial charge in [0.1, 0.15) is 23.5 Å². The fourth-order valence-electron chi connectivity index (χ4n) is 2.44. The predicted molar refractivity (Wildman–Crippen MR) is 66.2 cm³/mol. The van der Waals surface area contributed by atoms with Gasteiger partial charge in [-0.15, -0.1) is 0 Å². The summed E-state index contributed by atoms with van der Waals surface area (Å²) in [4.78, 5) is 3.88. The van der Waals surface area contributed by atoms with Crippen molar-refractivity contribution in [1.29, 1.82) is 0 Å². The van der Waals surface area contributed by atoms with Crippen LogP contribution in [0.25, 0.3) is 5.52 Å². The Hall–Kier alpha value is -1.74. The van der Waals surface area contributed by atoms with E-state index in [1.807, 2.05) is 0 Å². The molecule has 8 heteroatoms. The van der Waals surface area contributed by atoms with Gasteiger partial charge in [-0.25, -0.2) is 9.50 Å². The maximum Gasteiger partial charge on any atom is 0.151 e. The topological polar surface area (TPSA) is 129 Å². The van der Waals surface area contributed by atoms with Gasteiger partial charge in [0.25, 0.3) is 0 Å². The lowest BCUT2D eigenvalue weighted by atomic mass is 9.96. The molecule has 0 aliphatic carbocycles. The first-order valence-corrected chi connectivity index (χ1v) is 5.89. The second kappa shape index (κ2) is 4.14. The molecule has 2 aromatic rings. The lowest BCUT2D eigenvalue weighted by molar-refractivity contribution is -0.0818. The fraction of sp³-hybridized carbons (Fsp3) is 0.455. The van der Waals surface area contributed by atoms with Gasteiger partial charge in [-0.2, -0.15) is 5.10 Å². The van der Waals surface area contributed by atoms with E-state index in [4.69, 9.17) is 10.8 Å². The van der Waals surface area contributed by atoms with E-state index in [9.17, 15) is 10.2 Å². The minimum absolute atomic E-state index is 0.100. The maximum atomic E-state index is 10.1. The summed E-state index contributed by atoms with van der Waals surface area (Å²) in [5.41, 5.74) is 5.47. The number of nitrogens with two attached hydrogens (primary N) is 1. The fourth-order valence-corrected chi connectivity index (χ4v) is 2.44. The average molecular weight is 265 g/mol. The molecule has 0 saturated carbocycles. The van der Waals surface area contributed by atoms with Crippen molar-refractivity contribution < 1.29 is 15.3 Å². The third-order valence-corrected chi connectivity index (χ3v) is 3.60. The first-order chi connectivity index (χ1) is 9.07. The number of rotatable bonds is 2. The lowest BCUT2D eigenvalue weighted by Crippen LogP contribution is -2.45. The molecular formula is C11H15N5O3. The number of nitrogen functional groups attached to an aromatic ring is 1. The molecule has 1 aliphatic heterocycles. The van der Waals surface area contributed by atoms with Gasteiger partial charge in [0.15, 0.2) is 5.82 Å². The number of aliphatic hydroxyl groups is 3. The van der Waals surface area contributed by atoms with Crippen LogP contribution in [-0.4, -0.2) is 54.8 Å². The molecule has 6 N–H and O–H groups in total. The second-order valence-electron chi connectivity index (χ2n) is 4.77. The van der Waals surface area contributed by atoms with E-state index >= 15 is 0 Å². The van der Waals surface area contributed by atoms with Gasteiger partial charge in [0.2, 0.25) is 0 Å². The number of hydrogen-bond acceptors (Lipinski definition) is 7. The Bertz CT molecular complexity index is 615. The van der Waals surface area contributed by atoms with Crippen molar-refractivity contribution in [3.8, 4) is 0 Å². The summed E-state index contributed by atoms with van der Waals surface area (Å²) >= 11 is 0. The van der Waals surface area contributed by atoms with Gasteiger partial charge in [-0.05, 0) is 12.1 Å². The summed E-state index contributed by atoms with van der Waals surface area (Å²) < 4.78 is 1.56. The molecule has 0 amide bonds. The van der Waals surface area contributed by atoms with Crippen LogP contribution in [0.2, 0.25) is 0 Å². The Morgan fingerprint density at radius 1 is 1.53 bits per heavy atom. The Kier molecular flexibility index (Phi) is 2.68. The third kappa shape index (κ3) is 1.69. The van der Waals surface area contributed by atoms with Crippen LogP contribution in [0.1, 0.15) is 11.7 Å². The van der Waals surface area contributed by atoms with Crippen molar-refractivity contribution in [2.45, 2.75) is 17.7 Å². The van der Waals surface area contributed by atoms with Gasteiger partial charge >= 0.3 is 0 Å². The molecule has 1 saturated heterocycles. The highest BCUT2D eigenvalue weighted by Crippen LogP contribution is 2.31. The molecule has 102 valence electrons. The molecule has 3 atom stereocenters. The first kappa shape index (κ1) is 12.3. The van der Waals surface area contributed by atoms with E-state index in [1.54, 1.807) is 16.6 Å². The molecular weight excluding hydrogens is 250 g/mol. The highest BCUT2D eigenvalue weighted by Gasteiger charge is 2.47. The minimum Gasteiger partial charge on any atom is -0.393 e. The van der Waals surface area contributed by atoms with Crippen LogP contribution in [0.5, 0.6) is 0 Å². The number of nitrogens with one attached hydrogen (secondary N) is 1. The van der Waals surface area contributed by atoms with Crippen molar-refractivity contribution in [2.75, 3.05) is 18.9 Å². The lowest BCUT2D eigenvalue weighted by Gasteiger charge is -2.24. The quantitative estimate of drug-likeness (QED) is 0.426. The summed E-state index contributed by atoms with van der Waals surface area (Å²) in [5.74, 6) is 0.339. The molecule has 0 bridgehead atoms. The van der Waals surface area contributed by atoms with Gasteiger partial charge in [-0.3, -0.25) is 0 Å². The van der Waals surface area contributed by atoms with E-state index in [0.717, 1.165) is 0 Å². The molecule has 3 heterocycles. The van der Waals surface area contributed by atoms with Gasteiger partial charge in [-0.1, -0.05) is 0 Å². The van der Waals surface area contributed by atoms with E-state index in [0.29, 0.717) is 17.0 Å². The van der Waals surface area contributed by atoms with Crippen LogP contribution in [0.4, 0.5) is 5.82 Å². The number of hydrogen-bond donors (Lipinski definition) is 5. The van der Waals surface area contributed by atoms with E-state index < -0.39 is 24.4 Å². The Balaban J connectivity index is 2.05. The van der Waals surface area contributed by atoms with E-state index in [-0.39, 0.29) is 6.54 Å². The molecule has 1 aliphatic rings. The summed E-state index contributed by atoms with van der Waals surface area (Å²) in [6.07, 6.45) is 0.192. The molecule has 0 radical (unpaired) electrons. The molecule has 8 nitrogen and oxygen atoms in total. The minimum atomic E-state index is -1.55. The van der Waals surface area contributed by atoms with Crippen LogP contribution in [0.15, 0.2) is 18.5 Å². The third-order valence-electron chi connectivity index (χ3n) is 3.60.